The van der Waals surface area contributed by atoms with Crippen molar-refractivity contribution in [2.24, 2.45) is 0 Å². The number of hydrogen-bond donors (Lipinski definition) is 1. The molecule has 1 N–H and O–H groups in total. The first-order valence-electron chi connectivity index (χ1n) is 10.8. The predicted molar refractivity (Wildman–Crippen MR) is 125 cm³/mol. The van der Waals surface area contributed by atoms with E-state index in [0.717, 1.165) is 78.9 Å². The lowest BCUT2D eigenvalue weighted by Gasteiger charge is -2.35. The summed E-state index contributed by atoms with van der Waals surface area (Å²) in [6.07, 6.45) is 7.50. The molecule has 1 saturated heterocycles. The van der Waals surface area contributed by atoms with Crippen LogP contribution in [0.5, 0.6) is 0 Å². The van der Waals surface area contributed by atoms with Crippen LogP contribution in [0.3, 0.4) is 0 Å². The van der Waals surface area contributed by atoms with E-state index in [-0.39, 0.29) is 5.56 Å². The third-order valence-corrected chi connectivity index (χ3v) is 8.15. The summed E-state index contributed by atoms with van der Waals surface area (Å²) in [7, 11) is 0. The number of fused-ring (bicyclic) bond motifs is 3. The van der Waals surface area contributed by atoms with E-state index in [1.165, 1.54) is 23.3 Å². The van der Waals surface area contributed by atoms with Gasteiger partial charge in [0.05, 0.1) is 5.39 Å². The normalized spacial score (nSPS) is 17.4. The molecular formula is C22H27N5OS2. The van der Waals surface area contributed by atoms with Gasteiger partial charge in [0.2, 0.25) is 0 Å². The molecule has 6 nitrogen and oxygen atoms in total. The van der Waals surface area contributed by atoms with Gasteiger partial charge in [0.15, 0.2) is 5.16 Å². The number of piperazine rings is 1. The third kappa shape index (κ3) is 4.26. The summed E-state index contributed by atoms with van der Waals surface area (Å²) in [5, 5.41) is 1.62. The van der Waals surface area contributed by atoms with Crippen LogP contribution in [0.15, 0.2) is 34.3 Å². The smallest absolute Gasteiger partial charge is 0.260 e. The molecule has 0 bridgehead atoms. The average Bonchev–Trinajstić information content (AvgIpc) is 3.17. The van der Waals surface area contributed by atoms with Crippen molar-refractivity contribution in [1.29, 1.82) is 0 Å². The average molecular weight is 442 g/mol. The highest BCUT2D eigenvalue weighted by Crippen LogP contribution is 2.34. The second-order valence-corrected chi connectivity index (χ2v) is 10.1. The van der Waals surface area contributed by atoms with E-state index in [1.54, 1.807) is 23.1 Å². The Morgan fingerprint density at radius 3 is 2.83 bits per heavy atom. The Kier molecular flexibility index (Phi) is 6.06. The van der Waals surface area contributed by atoms with Crippen molar-refractivity contribution >= 4 is 39.1 Å². The molecule has 158 valence electrons. The van der Waals surface area contributed by atoms with Gasteiger partial charge in [-0.3, -0.25) is 9.69 Å². The molecule has 2 aliphatic rings. The Morgan fingerprint density at radius 2 is 2.00 bits per heavy atom. The number of anilines is 1. The summed E-state index contributed by atoms with van der Waals surface area (Å²) in [5.74, 6) is 2.05. The minimum atomic E-state index is 0.0487. The van der Waals surface area contributed by atoms with Crippen molar-refractivity contribution in [3.8, 4) is 0 Å². The maximum Gasteiger partial charge on any atom is 0.260 e. The fraction of sp³-hybridized carbons (Fsp3) is 0.500. The molecule has 0 aromatic carbocycles. The van der Waals surface area contributed by atoms with Crippen LogP contribution in [-0.4, -0.2) is 58.3 Å². The van der Waals surface area contributed by atoms with E-state index in [4.69, 9.17) is 4.98 Å². The number of hydrogen-bond acceptors (Lipinski definition) is 7. The molecule has 1 aliphatic heterocycles. The largest absolute Gasteiger partial charge is 0.354 e. The van der Waals surface area contributed by atoms with E-state index in [2.05, 4.69) is 25.8 Å². The molecule has 1 aliphatic carbocycles. The number of nitrogens with one attached hydrogen (secondary N) is 1. The van der Waals surface area contributed by atoms with Crippen LogP contribution in [0.25, 0.3) is 10.2 Å². The summed E-state index contributed by atoms with van der Waals surface area (Å²) < 4.78 is 0. The van der Waals surface area contributed by atoms with Gasteiger partial charge in [-0.1, -0.05) is 17.8 Å². The maximum atomic E-state index is 12.6. The highest BCUT2D eigenvalue weighted by atomic mass is 32.2. The van der Waals surface area contributed by atoms with Crippen LogP contribution < -0.4 is 10.5 Å². The van der Waals surface area contributed by atoms with Gasteiger partial charge < -0.3 is 9.88 Å². The van der Waals surface area contributed by atoms with E-state index in [9.17, 15) is 4.79 Å². The van der Waals surface area contributed by atoms with Gasteiger partial charge in [-0.2, -0.15) is 0 Å². The first kappa shape index (κ1) is 20.0. The zero-order valence-corrected chi connectivity index (χ0v) is 18.7. The van der Waals surface area contributed by atoms with E-state index in [1.807, 2.05) is 18.3 Å². The molecular weight excluding hydrogens is 414 g/mol. The molecule has 5 rings (SSSR count). The van der Waals surface area contributed by atoms with Crippen molar-refractivity contribution in [3.05, 3.63) is 45.2 Å². The van der Waals surface area contributed by atoms with Gasteiger partial charge in [-0.15, -0.1) is 11.3 Å². The van der Waals surface area contributed by atoms with E-state index in [0.29, 0.717) is 0 Å². The van der Waals surface area contributed by atoms with Crippen molar-refractivity contribution < 1.29 is 0 Å². The number of aryl methyl sites for hydroxylation is 2. The second-order valence-electron chi connectivity index (χ2n) is 7.98. The van der Waals surface area contributed by atoms with Crippen LogP contribution in [0.4, 0.5) is 5.82 Å². The quantitative estimate of drug-likeness (QED) is 0.358. The molecule has 3 aromatic rings. The van der Waals surface area contributed by atoms with Gasteiger partial charge in [-0.05, 0) is 56.3 Å². The van der Waals surface area contributed by atoms with Crippen molar-refractivity contribution in [2.75, 3.05) is 43.4 Å². The number of aromatic nitrogens is 3. The Hall–Kier alpha value is -1.90. The molecule has 0 radical (unpaired) electrons. The third-order valence-electron chi connectivity index (χ3n) is 6.01. The fourth-order valence-corrected chi connectivity index (χ4v) is 6.52. The summed E-state index contributed by atoms with van der Waals surface area (Å²) in [4.78, 5) is 32.1. The molecule has 0 spiro atoms. The minimum absolute atomic E-state index is 0.0487. The first-order valence-corrected chi connectivity index (χ1v) is 12.6. The van der Waals surface area contributed by atoms with Crippen molar-refractivity contribution in [3.63, 3.8) is 0 Å². The zero-order valence-electron chi connectivity index (χ0n) is 17.1. The highest BCUT2D eigenvalue weighted by Gasteiger charge is 2.20. The molecule has 8 heteroatoms. The van der Waals surface area contributed by atoms with Crippen LogP contribution in [-0.2, 0) is 12.8 Å². The Labute approximate surface area is 184 Å². The molecule has 3 aromatic heterocycles. The zero-order chi connectivity index (χ0) is 20.3. The lowest BCUT2D eigenvalue weighted by Crippen LogP contribution is -2.47. The number of aromatic amines is 1. The van der Waals surface area contributed by atoms with Gasteiger partial charge in [0.25, 0.3) is 5.56 Å². The van der Waals surface area contributed by atoms with E-state index >= 15 is 0 Å². The topological polar surface area (TPSA) is 65.1 Å². The van der Waals surface area contributed by atoms with Gasteiger partial charge in [-0.25, -0.2) is 9.97 Å². The Morgan fingerprint density at radius 1 is 1.13 bits per heavy atom. The molecule has 0 unspecified atom stereocenters. The predicted octanol–water partition coefficient (Wildman–Crippen LogP) is 3.56. The van der Waals surface area contributed by atoms with Crippen LogP contribution >= 0.6 is 23.1 Å². The Bertz CT molecular complexity index is 1060. The standard InChI is InChI=1S/C22H27N5OS2/c28-20-19-16-6-1-2-7-17(16)30-21(19)25-22(24-20)29-15-5-10-26-11-13-27(14-12-26)18-8-3-4-9-23-18/h3-4,8-9H,1-2,5-7,10-15H2,(H,24,25,28). The summed E-state index contributed by atoms with van der Waals surface area (Å²) in [6.45, 7) is 5.28. The number of thiophene rings is 1. The minimum Gasteiger partial charge on any atom is -0.354 e. The maximum absolute atomic E-state index is 12.6. The summed E-state index contributed by atoms with van der Waals surface area (Å²) >= 11 is 3.40. The lowest BCUT2D eigenvalue weighted by molar-refractivity contribution is 0.258. The second kappa shape index (κ2) is 9.08. The number of H-pyrrole nitrogens is 1. The highest BCUT2D eigenvalue weighted by molar-refractivity contribution is 7.99. The van der Waals surface area contributed by atoms with E-state index < -0.39 is 0 Å². The van der Waals surface area contributed by atoms with Crippen molar-refractivity contribution in [1.82, 2.24) is 19.9 Å². The first-order chi connectivity index (χ1) is 14.8. The van der Waals surface area contributed by atoms with Crippen LogP contribution in [0.1, 0.15) is 29.7 Å². The molecule has 0 saturated carbocycles. The number of pyridine rings is 1. The molecule has 0 amide bonds. The fourth-order valence-electron chi connectivity index (χ4n) is 4.41. The summed E-state index contributed by atoms with van der Waals surface area (Å²) in [5.41, 5.74) is 1.31. The number of nitrogens with zero attached hydrogens (tertiary/aromatic N) is 4. The number of rotatable bonds is 6. The number of thioether (sulfide) groups is 1. The Balaban J connectivity index is 1.12. The van der Waals surface area contributed by atoms with Crippen LogP contribution in [0, 0.1) is 0 Å². The van der Waals surface area contributed by atoms with Gasteiger partial charge in [0.1, 0.15) is 10.6 Å². The molecule has 4 heterocycles. The monoisotopic (exact) mass is 441 g/mol. The molecule has 30 heavy (non-hydrogen) atoms. The van der Waals surface area contributed by atoms with Gasteiger partial charge in [0, 0.05) is 43.0 Å². The molecule has 1 fully saturated rings. The van der Waals surface area contributed by atoms with Crippen molar-refractivity contribution in [2.45, 2.75) is 37.3 Å². The molecule has 0 atom stereocenters. The summed E-state index contributed by atoms with van der Waals surface area (Å²) in [6, 6.07) is 6.10. The lowest BCUT2D eigenvalue weighted by atomic mass is 9.97. The SMILES string of the molecule is O=c1[nH]c(SCCCN2CCN(c3ccccn3)CC2)nc2sc3c(c12)CCCC3. The van der Waals surface area contributed by atoms with Crippen LogP contribution in [0.2, 0.25) is 0 Å². The van der Waals surface area contributed by atoms with Gasteiger partial charge >= 0.3 is 0 Å².